The minimum absolute atomic E-state index is 0.0959. The molecule has 0 aliphatic carbocycles. The van der Waals surface area contributed by atoms with Crippen molar-refractivity contribution in [1.82, 2.24) is 4.98 Å². The lowest BCUT2D eigenvalue weighted by Gasteiger charge is -2.17. The van der Waals surface area contributed by atoms with Gasteiger partial charge in [0.15, 0.2) is 5.13 Å². The number of hydrogen-bond donors (Lipinski definition) is 1. The predicted molar refractivity (Wildman–Crippen MR) is 109 cm³/mol. The molecule has 0 saturated carbocycles. The number of nitrogens with zero attached hydrogens (tertiary/aromatic N) is 3. The Morgan fingerprint density at radius 1 is 1.27 bits per heavy atom. The lowest BCUT2D eigenvalue weighted by Crippen LogP contribution is -2.22. The molecule has 0 atom stereocenters. The van der Waals surface area contributed by atoms with Gasteiger partial charge in [-0.2, -0.15) is 5.10 Å². The van der Waals surface area contributed by atoms with Crippen molar-refractivity contribution in [3.8, 4) is 0 Å². The monoisotopic (exact) mass is 384 g/mol. The van der Waals surface area contributed by atoms with Crippen LogP contribution in [0.2, 0.25) is 5.02 Å². The summed E-state index contributed by atoms with van der Waals surface area (Å²) in [5.74, 6) is -0.0959. The summed E-state index contributed by atoms with van der Waals surface area (Å²) in [4.78, 5) is 18.1. The van der Waals surface area contributed by atoms with E-state index in [2.05, 4.69) is 15.5 Å². The van der Waals surface area contributed by atoms with Crippen molar-refractivity contribution in [3.63, 3.8) is 0 Å². The van der Waals surface area contributed by atoms with Gasteiger partial charge in [-0.3, -0.25) is 15.1 Å². The summed E-state index contributed by atoms with van der Waals surface area (Å²) in [6, 6.07) is 15.1. The minimum atomic E-state index is -0.0959. The van der Waals surface area contributed by atoms with Crippen LogP contribution in [0.25, 0.3) is 0 Å². The molecular formula is C19H17ClN4OS. The van der Waals surface area contributed by atoms with E-state index in [1.807, 2.05) is 60.8 Å². The van der Waals surface area contributed by atoms with Crippen LogP contribution in [-0.4, -0.2) is 17.1 Å². The molecule has 0 aliphatic heterocycles. The molecule has 7 heteroatoms. The first-order chi connectivity index (χ1) is 12.5. The van der Waals surface area contributed by atoms with Crippen molar-refractivity contribution in [3.05, 3.63) is 70.2 Å². The summed E-state index contributed by atoms with van der Waals surface area (Å²) in [7, 11) is 0. The van der Waals surface area contributed by atoms with Gasteiger partial charge in [-0.25, -0.2) is 4.98 Å². The third kappa shape index (κ3) is 4.28. The Hall–Kier alpha value is -2.70. The molecule has 1 amide bonds. The summed E-state index contributed by atoms with van der Waals surface area (Å²) < 4.78 is 0. The molecule has 0 unspecified atom stereocenters. The highest BCUT2D eigenvalue weighted by Crippen LogP contribution is 2.28. The molecule has 0 radical (unpaired) electrons. The second kappa shape index (κ2) is 8.12. The van der Waals surface area contributed by atoms with Gasteiger partial charge in [0.2, 0.25) is 5.91 Å². The zero-order valence-electron chi connectivity index (χ0n) is 14.3. The van der Waals surface area contributed by atoms with Crippen molar-refractivity contribution in [2.75, 3.05) is 10.3 Å². The topological polar surface area (TPSA) is 57.6 Å². The Kier molecular flexibility index (Phi) is 5.65. The van der Waals surface area contributed by atoms with Gasteiger partial charge in [-0.1, -0.05) is 35.9 Å². The number of carbonyl (C=O) groups excluding carboxylic acids is 1. The van der Waals surface area contributed by atoms with E-state index in [1.165, 1.54) is 18.3 Å². The molecule has 3 rings (SSSR count). The number of carbonyl (C=O) groups is 1. The van der Waals surface area contributed by atoms with E-state index in [9.17, 15) is 4.79 Å². The molecule has 3 aromatic rings. The maximum Gasteiger partial charge on any atom is 0.230 e. The highest BCUT2D eigenvalue weighted by atomic mass is 35.5. The molecule has 1 N–H and O–H groups in total. The van der Waals surface area contributed by atoms with Gasteiger partial charge in [0.1, 0.15) is 0 Å². The van der Waals surface area contributed by atoms with E-state index in [-0.39, 0.29) is 5.91 Å². The minimum Gasteiger partial charge on any atom is -0.278 e. The highest BCUT2D eigenvalue weighted by Gasteiger charge is 2.17. The lowest BCUT2D eigenvalue weighted by molar-refractivity contribution is -0.115. The highest BCUT2D eigenvalue weighted by molar-refractivity contribution is 7.14. The number of hydrogen-bond acceptors (Lipinski definition) is 5. The number of rotatable bonds is 5. The number of thiazole rings is 1. The Bertz CT molecular complexity index is 940. The van der Waals surface area contributed by atoms with Crippen LogP contribution in [0.1, 0.15) is 18.2 Å². The SMILES string of the molecule is CC(=O)N(c1ccccc1)c1nc(/C=N\Nc2ccc(C)c(Cl)c2)cs1. The van der Waals surface area contributed by atoms with E-state index < -0.39 is 0 Å². The first-order valence-electron chi connectivity index (χ1n) is 7.91. The third-order valence-corrected chi connectivity index (χ3v) is 4.84. The standard InChI is InChI=1S/C19H17ClN4OS/c1-13-8-9-15(10-18(13)20)23-21-11-16-12-26-19(22-16)24(14(2)25)17-6-4-3-5-7-17/h3-12,23H,1-2H3/b21-11-. The molecule has 5 nitrogen and oxygen atoms in total. The average molecular weight is 385 g/mol. The second-order valence-corrected chi connectivity index (χ2v) is 6.82. The summed E-state index contributed by atoms with van der Waals surface area (Å²) >= 11 is 7.48. The number of aromatic nitrogens is 1. The van der Waals surface area contributed by atoms with E-state index in [0.717, 1.165) is 16.9 Å². The smallest absolute Gasteiger partial charge is 0.230 e. The van der Waals surface area contributed by atoms with Crippen LogP contribution in [0.3, 0.4) is 0 Å². The van der Waals surface area contributed by atoms with Crippen molar-refractivity contribution in [2.24, 2.45) is 5.10 Å². The van der Waals surface area contributed by atoms with Crippen LogP contribution in [0.15, 0.2) is 59.0 Å². The first-order valence-corrected chi connectivity index (χ1v) is 9.17. The number of amides is 1. The van der Waals surface area contributed by atoms with Crippen molar-refractivity contribution in [2.45, 2.75) is 13.8 Å². The number of benzene rings is 2. The van der Waals surface area contributed by atoms with E-state index >= 15 is 0 Å². The van der Waals surface area contributed by atoms with Crippen LogP contribution in [-0.2, 0) is 4.79 Å². The number of para-hydroxylation sites is 1. The van der Waals surface area contributed by atoms with Gasteiger partial charge in [0, 0.05) is 17.3 Å². The molecule has 1 aromatic heterocycles. The fourth-order valence-electron chi connectivity index (χ4n) is 2.28. The maximum absolute atomic E-state index is 12.0. The number of hydrazone groups is 1. The van der Waals surface area contributed by atoms with Crippen molar-refractivity contribution < 1.29 is 4.79 Å². The number of halogens is 1. The first kappa shape index (κ1) is 18.1. The molecule has 2 aromatic carbocycles. The van der Waals surface area contributed by atoms with Gasteiger partial charge in [-0.05, 0) is 36.8 Å². The largest absolute Gasteiger partial charge is 0.278 e. The summed E-state index contributed by atoms with van der Waals surface area (Å²) in [5, 5.41) is 7.31. The second-order valence-electron chi connectivity index (χ2n) is 5.58. The summed E-state index contributed by atoms with van der Waals surface area (Å²) in [5.41, 5.74) is 6.17. The molecule has 0 spiro atoms. The molecule has 0 saturated heterocycles. The van der Waals surface area contributed by atoms with Gasteiger partial charge in [0.25, 0.3) is 0 Å². The quantitative estimate of drug-likeness (QED) is 0.483. The fraction of sp³-hybridized carbons (Fsp3) is 0.105. The van der Waals surface area contributed by atoms with Gasteiger partial charge in [0.05, 0.1) is 23.3 Å². The van der Waals surface area contributed by atoms with Crippen LogP contribution < -0.4 is 10.3 Å². The zero-order valence-corrected chi connectivity index (χ0v) is 15.9. The van der Waals surface area contributed by atoms with Crippen LogP contribution in [0.5, 0.6) is 0 Å². The Morgan fingerprint density at radius 3 is 2.73 bits per heavy atom. The zero-order chi connectivity index (χ0) is 18.5. The molecule has 26 heavy (non-hydrogen) atoms. The molecule has 0 aliphatic rings. The summed E-state index contributed by atoms with van der Waals surface area (Å²) in [6.07, 6.45) is 1.61. The molecule has 0 fully saturated rings. The Labute approximate surface area is 161 Å². The molecule has 132 valence electrons. The van der Waals surface area contributed by atoms with Crippen LogP contribution in [0.4, 0.5) is 16.5 Å². The number of aryl methyl sites for hydroxylation is 1. The van der Waals surface area contributed by atoms with E-state index in [4.69, 9.17) is 11.6 Å². The molecule has 0 bridgehead atoms. The van der Waals surface area contributed by atoms with E-state index in [1.54, 1.807) is 11.1 Å². The maximum atomic E-state index is 12.0. The van der Waals surface area contributed by atoms with E-state index in [0.29, 0.717) is 15.8 Å². The molecular weight excluding hydrogens is 368 g/mol. The Balaban J connectivity index is 1.74. The lowest BCUT2D eigenvalue weighted by atomic mass is 10.2. The van der Waals surface area contributed by atoms with Crippen molar-refractivity contribution >= 4 is 51.6 Å². The Morgan fingerprint density at radius 2 is 2.04 bits per heavy atom. The van der Waals surface area contributed by atoms with Gasteiger partial charge < -0.3 is 0 Å². The average Bonchev–Trinajstić information content (AvgIpc) is 3.07. The third-order valence-electron chi connectivity index (χ3n) is 3.59. The fourth-order valence-corrected chi connectivity index (χ4v) is 3.30. The number of anilines is 3. The van der Waals surface area contributed by atoms with Crippen LogP contribution in [0, 0.1) is 6.92 Å². The predicted octanol–water partition coefficient (Wildman–Crippen LogP) is 5.24. The number of nitrogens with one attached hydrogen (secondary N) is 1. The normalized spacial score (nSPS) is 10.9. The molecule has 1 heterocycles. The van der Waals surface area contributed by atoms with Gasteiger partial charge in [-0.15, -0.1) is 11.3 Å². The summed E-state index contributed by atoms with van der Waals surface area (Å²) in [6.45, 7) is 3.46. The van der Waals surface area contributed by atoms with Crippen molar-refractivity contribution in [1.29, 1.82) is 0 Å². The van der Waals surface area contributed by atoms with Gasteiger partial charge >= 0.3 is 0 Å². The van der Waals surface area contributed by atoms with Crippen LogP contribution >= 0.6 is 22.9 Å².